The number of carbonyl (C=O) groups excluding carboxylic acids is 1. The minimum atomic E-state index is -0.298. The van der Waals surface area contributed by atoms with Crippen molar-refractivity contribution in [3.63, 3.8) is 0 Å². The first kappa shape index (κ1) is 18.2. The van der Waals surface area contributed by atoms with Crippen LogP contribution >= 0.6 is 35.0 Å². The molecule has 2 heterocycles. The van der Waals surface area contributed by atoms with E-state index in [0.717, 1.165) is 16.3 Å². The Bertz CT molecular complexity index is 985. The van der Waals surface area contributed by atoms with Crippen LogP contribution in [0.25, 0.3) is 0 Å². The zero-order chi connectivity index (χ0) is 19.0. The van der Waals surface area contributed by atoms with Crippen LogP contribution < -0.4 is 4.90 Å². The molecule has 0 aromatic heterocycles. The number of hydrogen-bond acceptors (Lipinski definition) is 4. The second-order valence-electron chi connectivity index (χ2n) is 6.37. The van der Waals surface area contributed by atoms with Crippen molar-refractivity contribution < 1.29 is 4.79 Å². The molecule has 1 fully saturated rings. The molecule has 4 rings (SSSR count). The molecule has 1 amide bonds. The van der Waals surface area contributed by atoms with Crippen molar-refractivity contribution in [1.29, 1.82) is 5.26 Å². The van der Waals surface area contributed by atoms with Gasteiger partial charge in [-0.3, -0.25) is 9.69 Å². The maximum absolute atomic E-state index is 12.9. The Labute approximate surface area is 172 Å². The topological polar surface area (TPSA) is 47.3 Å². The van der Waals surface area contributed by atoms with Gasteiger partial charge in [-0.1, -0.05) is 59.2 Å². The summed E-state index contributed by atoms with van der Waals surface area (Å²) in [6.45, 7) is 0.405. The molecule has 2 aromatic rings. The van der Waals surface area contributed by atoms with Crippen molar-refractivity contribution in [3.05, 3.63) is 74.7 Å². The van der Waals surface area contributed by atoms with Crippen LogP contribution in [0.4, 0.5) is 5.69 Å². The summed E-state index contributed by atoms with van der Waals surface area (Å²) >= 11 is 13.9. The quantitative estimate of drug-likeness (QED) is 0.674. The molecule has 2 aromatic carbocycles. The lowest BCUT2D eigenvalue weighted by molar-refractivity contribution is -0.129. The Hall–Kier alpha value is -2.13. The third-order valence-corrected chi connectivity index (χ3v) is 6.48. The standard InChI is InChI=1S/C20H15Cl2N3OS/c21-13-4-3-5-14(8-13)24-11-25-19(26)9-16(15-6-1-2-7-18(15)22)17(10-23)20(25)27-12-24/h1-8,16H,9,11-12H2/t16-/m1/s1. The van der Waals surface area contributed by atoms with Gasteiger partial charge in [-0.05, 0) is 29.8 Å². The van der Waals surface area contributed by atoms with Crippen molar-refractivity contribution in [3.8, 4) is 6.07 Å². The molecular formula is C20H15Cl2N3OS. The van der Waals surface area contributed by atoms with E-state index in [1.54, 1.807) is 11.0 Å². The summed E-state index contributed by atoms with van der Waals surface area (Å²) in [7, 11) is 0. The number of nitriles is 1. The molecule has 0 N–H and O–H groups in total. The number of halogens is 2. The predicted octanol–water partition coefficient (Wildman–Crippen LogP) is 5.21. The van der Waals surface area contributed by atoms with E-state index in [1.165, 1.54) is 11.8 Å². The molecule has 2 aliphatic heterocycles. The molecule has 0 saturated carbocycles. The van der Waals surface area contributed by atoms with Gasteiger partial charge in [0, 0.05) is 28.1 Å². The van der Waals surface area contributed by atoms with E-state index in [2.05, 4.69) is 11.0 Å². The second-order valence-corrected chi connectivity index (χ2v) is 8.14. The minimum Gasteiger partial charge on any atom is -0.344 e. The van der Waals surface area contributed by atoms with E-state index in [1.807, 2.05) is 42.5 Å². The highest BCUT2D eigenvalue weighted by Gasteiger charge is 2.38. The van der Waals surface area contributed by atoms with Gasteiger partial charge >= 0.3 is 0 Å². The van der Waals surface area contributed by atoms with Crippen LogP contribution in [0.3, 0.4) is 0 Å². The largest absolute Gasteiger partial charge is 0.344 e. The van der Waals surface area contributed by atoms with Crippen molar-refractivity contribution >= 4 is 46.6 Å². The van der Waals surface area contributed by atoms with Gasteiger partial charge in [0.15, 0.2) is 0 Å². The van der Waals surface area contributed by atoms with Crippen molar-refractivity contribution in [2.45, 2.75) is 12.3 Å². The summed E-state index contributed by atoms with van der Waals surface area (Å²) < 4.78 is 0. The number of fused-ring (bicyclic) bond motifs is 1. The first-order valence-corrected chi connectivity index (χ1v) is 10.1. The van der Waals surface area contributed by atoms with Crippen LogP contribution in [-0.2, 0) is 4.79 Å². The highest BCUT2D eigenvalue weighted by Crippen LogP contribution is 2.44. The number of benzene rings is 2. The molecule has 4 nitrogen and oxygen atoms in total. The molecule has 27 heavy (non-hydrogen) atoms. The first-order valence-electron chi connectivity index (χ1n) is 8.41. The van der Waals surface area contributed by atoms with Crippen LogP contribution in [-0.4, -0.2) is 23.4 Å². The van der Waals surface area contributed by atoms with Crippen LogP contribution in [0, 0.1) is 11.3 Å². The van der Waals surface area contributed by atoms with Gasteiger partial charge in [0.1, 0.15) is 0 Å². The number of rotatable bonds is 2. The summed E-state index contributed by atoms with van der Waals surface area (Å²) in [4.78, 5) is 16.7. The molecule has 136 valence electrons. The molecule has 2 aliphatic rings. The summed E-state index contributed by atoms with van der Waals surface area (Å²) in [5, 5.41) is 11.8. The van der Waals surface area contributed by atoms with Gasteiger partial charge in [-0.2, -0.15) is 5.26 Å². The lowest BCUT2D eigenvalue weighted by Crippen LogP contribution is -2.47. The number of carbonyl (C=O) groups is 1. The van der Waals surface area contributed by atoms with Crippen LogP contribution in [0.5, 0.6) is 0 Å². The Balaban J connectivity index is 1.69. The predicted molar refractivity (Wildman–Crippen MR) is 110 cm³/mol. The fourth-order valence-electron chi connectivity index (χ4n) is 3.42. The summed E-state index contributed by atoms with van der Waals surface area (Å²) in [6.07, 6.45) is 0.236. The van der Waals surface area contributed by atoms with Crippen molar-refractivity contribution in [2.24, 2.45) is 0 Å². The van der Waals surface area contributed by atoms with Crippen molar-refractivity contribution in [1.82, 2.24) is 4.90 Å². The van der Waals surface area contributed by atoms with Crippen molar-refractivity contribution in [2.75, 3.05) is 17.4 Å². The Morgan fingerprint density at radius 2 is 1.96 bits per heavy atom. The summed E-state index contributed by atoms with van der Waals surface area (Å²) in [5.41, 5.74) is 2.39. The first-order chi connectivity index (χ1) is 13.1. The molecule has 0 radical (unpaired) electrons. The zero-order valence-corrected chi connectivity index (χ0v) is 16.6. The van der Waals surface area contributed by atoms with Gasteiger partial charge in [0.2, 0.25) is 5.91 Å². The number of nitrogens with zero attached hydrogens (tertiary/aromatic N) is 3. The maximum Gasteiger partial charge on any atom is 0.229 e. The van der Waals surface area contributed by atoms with Gasteiger partial charge in [0.05, 0.1) is 29.2 Å². The van der Waals surface area contributed by atoms with Crippen LogP contribution in [0.1, 0.15) is 17.9 Å². The molecule has 0 bridgehead atoms. The smallest absolute Gasteiger partial charge is 0.229 e. The Kier molecular flexibility index (Phi) is 5.05. The SMILES string of the molecule is N#CC1=C2SCN(c3cccc(Cl)c3)CN2C(=O)C[C@@H]1c1ccccc1Cl. The van der Waals surface area contributed by atoms with Gasteiger partial charge in [0.25, 0.3) is 0 Å². The normalized spacial score (nSPS) is 19.7. The van der Waals surface area contributed by atoms with E-state index in [9.17, 15) is 10.1 Å². The fraction of sp³-hybridized carbons (Fsp3) is 0.200. The highest BCUT2D eigenvalue weighted by molar-refractivity contribution is 8.03. The molecule has 0 aliphatic carbocycles. The Morgan fingerprint density at radius 3 is 2.70 bits per heavy atom. The van der Waals surface area contributed by atoms with E-state index in [-0.39, 0.29) is 18.2 Å². The molecule has 0 spiro atoms. The van der Waals surface area contributed by atoms with Crippen LogP contribution in [0.15, 0.2) is 59.1 Å². The lowest BCUT2D eigenvalue weighted by Gasteiger charge is -2.42. The van der Waals surface area contributed by atoms with Gasteiger partial charge in [-0.25, -0.2) is 0 Å². The maximum atomic E-state index is 12.9. The second kappa shape index (κ2) is 7.47. The summed E-state index contributed by atoms with van der Waals surface area (Å²) in [5.74, 6) is 0.334. The van der Waals surface area contributed by atoms with E-state index in [0.29, 0.717) is 28.2 Å². The van der Waals surface area contributed by atoms with E-state index >= 15 is 0 Å². The minimum absolute atomic E-state index is 0.00634. The number of hydrogen-bond donors (Lipinski definition) is 0. The molecule has 1 saturated heterocycles. The monoisotopic (exact) mass is 415 g/mol. The lowest BCUT2D eigenvalue weighted by atomic mass is 9.86. The van der Waals surface area contributed by atoms with Crippen LogP contribution in [0.2, 0.25) is 10.0 Å². The van der Waals surface area contributed by atoms with Gasteiger partial charge < -0.3 is 4.90 Å². The van der Waals surface area contributed by atoms with E-state index < -0.39 is 0 Å². The van der Waals surface area contributed by atoms with Gasteiger partial charge in [-0.15, -0.1) is 0 Å². The molecule has 1 atom stereocenters. The number of anilines is 1. The number of thioether (sulfide) groups is 1. The zero-order valence-electron chi connectivity index (χ0n) is 14.2. The third-order valence-electron chi connectivity index (χ3n) is 4.75. The highest BCUT2D eigenvalue weighted by atomic mass is 35.5. The fourth-order valence-corrected chi connectivity index (χ4v) is 5.04. The number of allylic oxidation sites excluding steroid dienone is 1. The average molecular weight is 416 g/mol. The third kappa shape index (κ3) is 3.41. The Morgan fingerprint density at radius 1 is 1.15 bits per heavy atom. The molecule has 7 heteroatoms. The summed E-state index contributed by atoms with van der Waals surface area (Å²) in [6, 6.07) is 17.3. The van der Waals surface area contributed by atoms with E-state index in [4.69, 9.17) is 23.2 Å². The molecular weight excluding hydrogens is 401 g/mol. The average Bonchev–Trinajstić information content (AvgIpc) is 2.68. The number of amides is 1. The molecule has 0 unspecified atom stereocenters.